The predicted octanol–water partition coefficient (Wildman–Crippen LogP) is 5.58. The summed E-state index contributed by atoms with van der Waals surface area (Å²) in [7, 11) is 0. The second kappa shape index (κ2) is 9.71. The zero-order valence-corrected chi connectivity index (χ0v) is 20.0. The van der Waals surface area contributed by atoms with Crippen molar-refractivity contribution < 1.29 is 14.3 Å². The molecule has 1 heterocycles. The number of carbonyl (C=O) groups excluding carboxylic acids is 2. The van der Waals surface area contributed by atoms with Crippen molar-refractivity contribution in [2.24, 2.45) is 5.41 Å². The van der Waals surface area contributed by atoms with E-state index in [1.54, 1.807) is 17.1 Å². The Balaban J connectivity index is 2.41. The summed E-state index contributed by atoms with van der Waals surface area (Å²) >= 11 is 0. The minimum absolute atomic E-state index is 0.0754. The van der Waals surface area contributed by atoms with Gasteiger partial charge in [0.15, 0.2) is 0 Å². The van der Waals surface area contributed by atoms with E-state index < -0.39 is 11.0 Å². The lowest BCUT2D eigenvalue weighted by atomic mass is 9.81. The molecule has 2 rings (SSSR count). The first-order chi connectivity index (χ1) is 14.4. The van der Waals surface area contributed by atoms with Gasteiger partial charge in [0.2, 0.25) is 5.91 Å². The summed E-state index contributed by atoms with van der Waals surface area (Å²) in [5.41, 5.74) is 2.11. The molecule has 0 bridgehead atoms. The first-order valence-electron chi connectivity index (χ1n) is 11.0. The molecule has 1 aliphatic heterocycles. The van der Waals surface area contributed by atoms with Gasteiger partial charge >= 0.3 is 6.09 Å². The van der Waals surface area contributed by atoms with Crippen molar-refractivity contribution >= 4 is 12.0 Å². The van der Waals surface area contributed by atoms with E-state index in [9.17, 15) is 9.59 Å². The highest BCUT2D eigenvalue weighted by Crippen LogP contribution is 2.35. The van der Waals surface area contributed by atoms with Gasteiger partial charge in [-0.25, -0.2) is 4.79 Å². The average Bonchev–Trinajstić information content (AvgIpc) is 2.68. The topological polar surface area (TPSA) is 49.9 Å². The zero-order valence-electron chi connectivity index (χ0n) is 20.0. The quantitative estimate of drug-likeness (QED) is 0.558. The second-order valence-electron chi connectivity index (χ2n) is 9.85. The Kier molecular flexibility index (Phi) is 7.74. The van der Waals surface area contributed by atoms with Crippen LogP contribution in [0.4, 0.5) is 4.79 Å². The van der Waals surface area contributed by atoms with E-state index >= 15 is 0 Å². The molecule has 5 heteroatoms. The van der Waals surface area contributed by atoms with E-state index in [1.165, 1.54) is 0 Å². The van der Waals surface area contributed by atoms with E-state index in [4.69, 9.17) is 4.74 Å². The Morgan fingerprint density at radius 3 is 2.26 bits per heavy atom. The largest absolute Gasteiger partial charge is 0.444 e. The highest BCUT2D eigenvalue weighted by Gasteiger charge is 2.41. The smallest absolute Gasteiger partial charge is 0.410 e. The van der Waals surface area contributed by atoms with Gasteiger partial charge in [-0.3, -0.25) is 9.69 Å². The summed E-state index contributed by atoms with van der Waals surface area (Å²) in [5, 5.41) is 0. The summed E-state index contributed by atoms with van der Waals surface area (Å²) < 4.78 is 5.70. The molecule has 1 aliphatic rings. The van der Waals surface area contributed by atoms with Crippen molar-refractivity contribution in [3.05, 3.63) is 60.2 Å². The highest BCUT2D eigenvalue weighted by molar-refractivity contribution is 5.83. The van der Waals surface area contributed by atoms with Gasteiger partial charge in [0.05, 0.1) is 11.5 Å². The van der Waals surface area contributed by atoms with E-state index in [0.717, 1.165) is 16.7 Å². The Hall–Kier alpha value is -2.56. The van der Waals surface area contributed by atoms with Gasteiger partial charge < -0.3 is 9.64 Å². The van der Waals surface area contributed by atoms with Crippen LogP contribution in [0.3, 0.4) is 0 Å². The lowest BCUT2D eigenvalue weighted by molar-refractivity contribution is -0.144. The van der Waals surface area contributed by atoms with Crippen LogP contribution in [0, 0.1) is 19.3 Å². The van der Waals surface area contributed by atoms with E-state index in [0.29, 0.717) is 32.5 Å². The normalized spacial score (nSPS) is 17.3. The number of aryl methyl sites for hydroxylation is 2. The van der Waals surface area contributed by atoms with Gasteiger partial charge in [-0.05, 0) is 58.6 Å². The average molecular weight is 427 g/mol. The number of carbonyl (C=O) groups is 2. The lowest BCUT2D eigenvalue weighted by Gasteiger charge is -2.44. The summed E-state index contributed by atoms with van der Waals surface area (Å²) in [4.78, 5) is 30.2. The molecular formula is C26H38N2O3. The Bertz CT molecular complexity index is 828. The van der Waals surface area contributed by atoms with Gasteiger partial charge in [0.25, 0.3) is 0 Å². The Labute approximate surface area is 187 Å². The number of hydrogen-bond donors (Lipinski definition) is 0. The van der Waals surface area contributed by atoms with Gasteiger partial charge in [-0.15, -0.1) is 13.2 Å². The molecule has 0 spiro atoms. The van der Waals surface area contributed by atoms with Crippen LogP contribution in [0.2, 0.25) is 0 Å². The van der Waals surface area contributed by atoms with Crippen LogP contribution < -0.4 is 0 Å². The van der Waals surface area contributed by atoms with Crippen LogP contribution in [-0.4, -0.2) is 47.0 Å². The third-order valence-electron chi connectivity index (χ3n) is 5.80. The molecule has 1 aromatic rings. The van der Waals surface area contributed by atoms with E-state index in [1.807, 2.05) is 46.4 Å². The van der Waals surface area contributed by atoms with Crippen LogP contribution in [0.15, 0.2) is 43.5 Å². The van der Waals surface area contributed by atoms with Gasteiger partial charge in [-0.2, -0.15) is 0 Å². The summed E-state index contributed by atoms with van der Waals surface area (Å²) in [6.45, 7) is 20.7. The van der Waals surface area contributed by atoms with Gasteiger partial charge in [0.1, 0.15) is 5.60 Å². The highest BCUT2D eigenvalue weighted by atomic mass is 16.6. The van der Waals surface area contributed by atoms with Gasteiger partial charge in [-0.1, -0.05) is 42.8 Å². The predicted molar refractivity (Wildman–Crippen MR) is 126 cm³/mol. The third kappa shape index (κ3) is 5.99. The van der Waals surface area contributed by atoms with Crippen molar-refractivity contribution in [2.75, 3.05) is 19.6 Å². The van der Waals surface area contributed by atoms with Crippen molar-refractivity contribution in [1.29, 1.82) is 0 Å². The number of nitrogens with zero attached hydrogens (tertiary/aromatic N) is 2. The Morgan fingerprint density at radius 1 is 1.10 bits per heavy atom. The number of ether oxygens (including phenoxy) is 1. The summed E-state index contributed by atoms with van der Waals surface area (Å²) in [5.74, 6) is 0.0754. The van der Waals surface area contributed by atoms with Crippen molar-refractivity contribution in [2.45, 2.75) is 66.0 Å². The SMILES string of the molecule is C=CCC(C)(CC=C)C(=O)N1CCN(C(=O)OC(C)(C)C)C(c2cc(C)ccc2C)C1. The van der Waals surface area contributed by atoms with Crippen LogP contribution in [0.1, 0.15) is 63.3 Å². The fraction of sp³-hybridized carbons (Fsp3) is 0.538. The van der Waals surface area contributed by atoms with Crippen molar-refractivity contribution in [3.63, 3.8) is 0 Å². The molecule has 0 aliphatic carbocycles. The van der Waals surface area contributed by atoms with Crippen LogP contribution in [-0.2, 0) is 9.53 Å². The molecule has 2 amide bonds. The van der Waals surface area contributed by atoms with Gasteiger partial charge in [0, 0.05) is 19.6 Å². The molecule has 1 aromatic carbocycles. The maximum absolute atomic E-state index is 13.5. The van der Waals surface area contributed by atoms with E-state index in [2.05, 4.69) is 31.4 Å². The maximum atomic E-state index is 13.5. The monoisotopic (exact) mass is 426 g/mol. The molecule has 1 atom stereocenters. The fourth-order valence-electron chi connectivity index (χ4n) is 4.17. The molecule has 1 saturated heterocycles. The first kappa shape index (κ1) is 24.7. The second-order valence-corrected chi connectivity index (χ2v) is 9.85. The fourth-order valence-corrected chi connectivity index (χ4v) is 4.17. The molecule has 0 aromatic heterocycles. The molecule has 0 saturated carbocycles. The van der Waals surface area contributed by atoms with Crippen LogP contribution >= 0.6 is 0 Å². The van der Waals surface area contributed by atoms with Crippen molar-refractivity contribution in [1.82, 2.24) is 9.80 Å². The molecule has 1 fully saturated rings. The number of hydrogen-bond acceptors (Lipinski definition) is 3. The number of benzene rings is 1. The number of amides is 2. The minimum Gasteiger partial charge on any atom is -0.444 e. The van der Waals surface area contributed by atoms with E-state index in [-0.39, 0.29) is 18.0 Å². The molecule has 31 heavy (non-hydrogen) atoms. The molecule has 1 unspecified atom stereocenters. The standard InChI is InChI=1S/C26H38N2O3/c1-9-13-26(8,14-10-2)23(29)27-15-16-28(24(30)31-25(5,6)7)22(18-27)21-17-19(3)11-12-20(21)4/h9-12,17,22H,1-2,13-16,18H2,3-8H3. The van der Waals surface area contributed by atoms with Crippen LogP contribution in [0.25, 0.3) is 0 Å². The number of piperazine rings is 1. The minimum atomic E-state index is -0.581. The molecule has 0 radical (unpaired) electrons. The molecular weight excluding hydrogens is 388 g/mol. The first-order valence-corrected chi connectivity index (χ1v) is 11.0. The Morgan fingerprint density at radius 2 is 1.71 bits per heavy atom. The van der Waals surface area contributed by atoms with Crippen molar-refractivity contribution in [3.8, 4) is 0 Å². The number of allylic oxidation sites excluding steroid dienone is 2. The third-order valence-corrected chi connectivity index (χ3v) is 5.80. The number of rotatable bonds is 6. The summed E-state index contributed by atoms with van der Waals surface area (Å²) in [6.07, 6.45) is 4.41. The molecule has 5 nitrogen and oxygen atoms in total. The van der Waals surface area contributed by atoms with Crippen LogP contribution in [0.5, 0.6) is 0 Å². The molecule has 0 N–H and O–H groups in total. The lowest BCUT2D eigenvalue weighted by Crippen LogP contribution is -2.55. The summed E-state index contributed by atoms with van der Waals surface area (Å²) in [6, 6.07) is 5.98. The molecule has 170 valence electrons. The maximum Gasteiger partial charge on any atom is 0.410 e. The zero-order chi connectivity index (χ0) is 23.4.